The number of aromatic nitrogens is 3. The van der Waals surface area contributed by atoms with E-state index in [1.807, 2.05) is 37.4 Å². The molecule has 1 fully saturated rings. The molecule has 1 aliphatic heterocycles. The third-order valence-corrected chi connectivity index (χ3v) is 4.30. The van der Waals surface area contributed by atoms with E-state index in [1.165, 1.54) is 0 Å². The van der Waals surface area contributed by atoms with Gasteiger partial charge in [-0.1, -0.05) is 18.2 Å². The van der Waals surface area contributed by atoms with Crippen molar-refractivity contribution in [3.8, 4) is 5.75 Å². The van der Waals surface area contributed by atoms with Gasteiger partial charge in [-0.2, -0.15) is 5.10 Å². The molecule has 1 aliphatic rings. The number of hydrogen-bond donors (Lipinski definition) is 1. The van der Waals surface area contributed by atoms with Crippen LogP contribution in [0.5, 0.6) is 5.75 Å². The lowest BCUT2D eigenvalue weighted by atomic mass is 10.1. The molecule has 0 amide bonds. The molecule has 7 heteroatoms. The van der Waals surface area contributed by atoms with Gasteiger partial charge in [-0.3, -0.25) is 4.68 Å². The van der Waals surface area contributed by atoms with Gasteiger partial charge in [-0.15, -0.1) is 0 Å². The summed E-state index contributed by atoms with van der Waals surface area (Å²) in [4.78, 5) is 11.2. The minimum Gasteiger partial charge on any atom is -0.490 e. The fourth-order valence-electron chi connectivity index (χ4n) is 2.91. The summed E-state index contributed by atoms with van der Waals surface area (Å²) in [5.41, 5.74) is 0. The summed E-state index contributed by atoms with van der Waals surface area (Å²) in [6.45, 7) is 5.32. The zero-order valence-electron chi connectivity index (χ0n) is 14.9. The highest BCUT2D eigenvalue weighted by molar-refractivity contribution is 5.80. The summed E-state index contributed by atoms with van der Waals surface area (Å²) in [7, 11) is 1.89. The minimum absolute atomic E-state index is 0.264. The van der Waals surface area contributed by atoms with Gasteiger partial charge in [-0.05, 0) is 19.1 Å². The number of piperidine rings is 1. The molecular formula is C18H26N6O. The van der Waals surface area contributed by atoms with Gasteiger partial charge in [0, 0.05) is 39.5 Å². The Labute approximate surface area is 148 Å². The molecule has 3 rings (SSSR count). The van der Waals surface area contributed by atoms with Gasteiger partial charge in [0.1, 0.15) is 30.5 Å². The van der Waals surface area contributed by atoms with E-state index in [-0.39, 0.29) is 6.10 Å². The molecular weight excluding hydrogens is 316 g/mol. The summed E-state index contributed by atoms with van der Waals surface area (Å²) < 4.78 is 7.83. The quantitative estimate of drug-likeness (QED) is 0.663. The van der Waals surface area contributed by atoms with Crippen LogP contribution in [0.4, 0.5) is 0 Å². The lowest BCUT2D eigenvalue weighted by molar-refractivity contribution is 0.129. The van der Waals surface area contributed by atoms with Crippen molar-refractivity contribution >= 4 is 5.96 Å². The predicted octanol–water partition coefficient (Wildman–Crippen LogP) is 1.82. The zero-order chi connectivity index (χ0) is 17.5. The number of ether oxygens (including phenoxy) is 1. The molecule has 134 valence electrons. The molecule has 0 aliphatic carbocycles. The van der Waals surface area contributed by atoms with E-state index < -0.39 is 0 Å². The van der Waals surface area contributed by atoms with E-state index in [0.29, 0.717) is 6.54 Å². The van der Waals surface area contributed by atoms with Gasteiger partial charge in [0.25, 0.3) is 0 Å². The van der Waals surface area contributed by atoms with Gasteiger partial charge < -0.3 is 15.0 Å². The first kappa shape index (κ1) is 17.3. The van der Waals surface area contributed by atoms with Crippen LogP contribution in [-0.4, -0.2) is 51.4 Å². The maximum absolute atomic E-state index is 6.07. The van der Waals surface area contributed by atoms with E-state index in [2.05, 4.69) is 27.2 Å². The Morgan fingerprint density at radius 2 is 2.04 bits per heavy atom. The first-order valence-corrected chi connectivity index (χ1v) is 8.84. The Morgan fingerprint density at radius 3 is 2.68 bits per heavy atom. The van der Waals surface area contributed by atoms with Crippen LogP contribution in [0.25, 0.3) is 0 Å². The Bertz CT molecular complexity index is 676. The number of nitrogens with one attached hydrogen (secondary N) is 1. The van der Waals surface area contributed by atoms with Crippen LogP contribution < -0.4 is 10.1 Å². The summed E-state index contributed by atoms with van der Waals surface area (Å²) in [6, 6.07) is 10.0. The van der Waals surface area contributed by atoms with E-state index in [1.54, 1.807) is 11.0 Å². The third kappa shape index (κ3) is 4.71. The number of guanidine groups is 1. The molecule has 7 nitrogen and oxygen atoms in total. The van der Waals surface area contributed by atoms with Gasteiger partial charge in [0.2, 0.25) is 0 Å². The highest BCUT2D eigenvalue weighted by atomic mass is 16.5. The molecule has 0 spiro atoms. The molecule has 25 heavy (non-hydrogen) atoms. The van der Waals surface area contributed by atoms with Crippen LogP contribution >= 0.6 is 0 Å². The van der Waals surface area contributed by atoms with Crippen molar-refractivity contribution in [2.24, 2.45) is 12.0 Å². The molecule has 2 heterocycles. The standard InChI is InChI=1S/C18H26N6O/c1-3-19-18(20-13-17-21-14-22-23(17)2)24-11-9-16(10-12-24)25-15-7-5-4-6-8-15/h4-8,14,16H,3,9-13H2,1-2H3,(H,19,20). The van der Waals surface area contributed by atoms with Crippen molar-refractivity contribution in [2.75, 3.05) is 19.6 Å². The van der Waals surface area contributed by atoms with E-state index >= 15 is 0 Å². The SMILES string of the molecule is CCNC(=NCc1ncnn1C)N1CCC(Oc2ccccc2)CC1. The average molecular weight is 342 g/mol. The van der Waals surface area contributed by atoms with Gasteiger partial charge in [0.15, 0.2) is 5.96 Å². The van der Waals surface area contributed by atoms with Gasteiger partial charge in [0.05, 0.1) is 0 Å². The number of para-hydroxylation sites is 1. The van der Waals surface area contributed by atoms with Crippen LogP contribution in [0, 0.1) is 0 Å². The number of rotatable bonds is 5. The molecule has 0 unspecified atom stereocenters. The Morgan fingerprint density at radius 1 is 1.28 bits per heavy atom. The Kier molecular flexibility index (Phi) is 5.87. The summed E-state index contributed by atoms with van der Waals surface area (Å²) >= 11 is 0. The maximum Gasteiger partial charge on any atom is 0.194 e. The second kappa shape index (κ2) is 8.50. The zero-order valence-corrected chi connectivity index (χ0v) is 14.9. The molecule has 0 bridgehead atoms. The average Bonchev–Trinajstić information content (AvgIpc) is 3.05. The fraction of sp³-hybridized carbons (Fsp3) is 0.500. The van der Waals surface area contributed by atoms with E-state index in [0.717, 1.165) is 50.0 Å². The van der Waals surface area contributed by atoms with E-state index in [9.17, 15) is 0 Å². The van der Waals surface area contributed by atoms with Crippen molar-refractivity contribution in [2.45, 2.75) is 32.4 Å². The van der Waals surface area contributed by atoms with E-state index in [4.69, 9.17) is 9.73 Å². The second-order valence-corrected chi connectivity index (χ2v) is 6.09. The maximum atomic E-state index is 6.07. The molecule has 1 aromatic carbocycles. The summed E-state index contributed by atoms with van der Waals surface area (Å²) in [6.07, 6.45) is 3.80. The molecule has 2 aromatic rings. The van der Waals surface area contributed by atoms with Crippen molar-refractivity contribution in [1.29, 1.82) is 0 Å². The Balaban J connectivity index is 1.56. The smallest absolute Gasteiger partial charge is 0.194 e. The molecule has 0 radical (unpaired) electrons. The van der Waals surface area contributed by atoms with Crippen LogP contribution in [0.1, 0.15) is 25.6 Å². The fourth-order valence-corrected chi connectivity index (χ4v) is 2.91. The molecule has 0 saturated carbocycles. The molecule has 1 N–H and O–H groups in total. The molecule has 0 atom stereocenters. The highest BCUT2D eigenvalue weighted by Crippen LogP contribution is 2.18. The normalized spacial score (nSPS) is 16.1. The third-order valence-electron chi connectivity index (χ3n) is 4.30. The topological polar surface area (TPSA) is 67.6 Å². The molecule has 1 aromatic heterocycles. The number of aliphatic imine (C=N–C) groups is 1. The first-order valence-electron chi connectivity index (χ1n) is 8.84. The number of aryl methyl sites for hydroxylation is 1. The summed E-state index contributed by atoms with van der Waals surface area (Å²) in [5, 5.41) is 7.47. The first-order chi connectivity index (χ1) is 12.3. The van der Waals surface area contributed by atoms with Crippen LogP contribution in [0.15, 0.2) is 41.7 Å². The van der Waals surface area contributed by atoms with Crippen molar-refractivity contribution in [3.63, 3.8) is 0 Å². The number of benzene rings is 1. The van der Waals surface area contributed by atoms with Crippen molar-refractivity contribution in [3.05, 3.63) is 42.5 Å². The van der Waals surface area contributed by atoms with Gasteiger partial charge >= 0.3 is 0 Å². The summed E-state index contributed by atoms with van der Waals surface area (Å²) in [5.74, 6) is 2.74. The minimum atomic E-state index is 0.264. The Hall–Kier alpha value is -2.57. The lowest BCUT2D eigenvalue weighted by Crippen LogP contribution is -2.47. The number of hydrogen-bond acceptors (Lipinski definition) is 4. The van der Waals surface area contributed by atoms with Crippen molar-refractivity contribution < 1.29 is 4.74 Å². The molecule has 1 saturated heterocycles. The lowest BCUT2D eigenvalue weighted by Gasteiger charge is -2.34. The van der Waals surface area contributed by atoms with Crippen LogP contribution in [-0.2, 0) is 13.6 Å². The largest absolute Gasteiger partial charge is 0.490 e. The monoisotopic (exact) mass is 342 g/mol. The van der Waals surface area contributed by atoms with Crippen LogP contribution in [0.2, 0.25) is 0 Å². The highest BCUT2D eigenvalue weighted by Gasteiger charge is 2.22. The van der Waals surface area contributed by atoms with Crippen LogP contribution in [0.3, 0.4) is 0 Å². The van der Waals surface area contributed by atoms with Gasteiger partial charge in [-0.25, -0.2) is 9.98 Å². The van der Waals surface area contributed by atoms with Crippen molar-refractivity contribution in [1.82, 2.24) is 25.0 Å². The predicted molar refractivity (Wildman–Crippen MR) is 97.5 cm³/mol. The number of likely N-dealkylation sites (tertiary alicyclic amines) is 1. The number of nitrogens with zero attached hydrogens (tertiary/aromatic N) is 5. The second-order valence-electron chi connectivity index (χ2n) is 6.09.